The monoisotopic (exact) mass is 179 g/mol. The summed E-state index contributed by atoms with van der Waals surface area (Å²) >= 11 is 5.42. The number of esters is 1. The zero-order chi connectivity index (χ0) is 9.02. The number of carbonyl (C=O) groups excluding carboxylic acids is 2. The molecule has 0 saturated carbocycles. The van der Waals surface area contributed by atoms with Crippen molar-refractivity contribution in [3.05, 3.63) is 0 Å². The van der Waals surface area contributed by atoms with E-state index >= 15 is 0 Å². The highest BCUT2D eigenvalue weighted by Crippen LogP contribution is 2.04. The van der Waals surface area contributed by atoms with Crippen LogP contribution in [0.3, 0.4) is 0 Å². The first kappa shape index (κ1) is 10.2. The highest BCUT2D eigenvalue weighted by atomic mass is 35.5. The average molecular weight is 180 g/mol. The first-order valence-corrected chi connectivity index (χ1v) is 3.38. The second-order valence-corrected chi connectivity index (χ2v) is 2.39. The Kier molecular flexibility index (Phi) is 3.89. The Hall–Kier alpha value is -0.770. The third-order valence-electron chi connectivity index (χ3n) is 1.18. The first-order chi connectivity index (χ1) is 5.00. The molecule has 0 bridgehead atoms. The van der Waals surface area contributed by atoms with Gasteiger partial charge in [-0.05, 0) is 6.92 Å². The maximum absolute atomic E-state index is 10.8. The van der Waals surface area contributed by atoms with Gasteiger partial charge in [0.15, 0.2) is 0 Å². The number of halogens is 1. The fraction of sp³-hybridized carbons (Fsp3) is 0.667. The van der Waals surface area contributed by atoms with Crippen molar-refractivity contribution in [2.24, 2.45) is 0 Å². The van der Waals surface area contributed by atoms with Crippen LogP contribution in [0.2, 0.25) is 0 Å². The van der Waals surface area contributed by atoms with Crippen molar-refractivity contribution < 1.29 is 14.3 Å². The van der Waals surface area contributed by atoms with E-state index in [1.165, 1.54) is 21.0 Å². The van der Waals surface area contributed by atoms with Crippen molar-refractivity contribution in [2.45, 2.75) is 19.9 Å². The molecule has 0 radical (unpaired) electrons. The number of amides is 1. The fourth-order valence-corrected chi connectivity index (χ4v) is 0.615. The summed E-state index contributed by atoms with van der Waals surface area (Å²) in [5.41, 5.74) is 0. The molecule has 1 atom stereocenters. The molecule has 0 fully saturated rings. The quantitative estimate of drug-likeness (QED) is 0.460. The predicted molar refractivity (Wildman–Crippen MR) is 39.9 cm³/mol. The molecule has 0 saturated heterocycles. The number of hydrogen-bond donors (Lipinski definition) is 0. The minimum atomic E-state index is -0.737. The van der Waals surface area contributed by atoms with Crippen LogP contribution in [-0.4, -0.2) is 29.4 Å². The van der Waals surface area contributed by atoms with E-state index < -0.39 is 12.0 Å². The highest BCUT2D eigenvalue weighted by Gasteiger charge is 2.22. The molecule has 0 aliphatic carbocycles. The number of methoxy groups -OCH3 is 1. The Morgan fingerprint density at radius 2 is 2.00 bits per heavy atom. The SMILES string of the molecule is COC(=O)[C@H](C)N(Cl)C(C)=O. The van der Waals surface area contributed by atoms with Crippen molar-refractivity contribution in [2.75, 3.05) is 7.11 Å². The van der Waals surface area contributed by atoms with Crippen LogP contribution in [0.25, 0.3) is 0 Å². The lowest BCUT2D eigenvalue weighted by Gasteiger charge is -2.17. The second kappa shape index (κ2) is 4.18. The van der Waals surface area contributed by atoms with Gasteiger partial charge in [-0.25, -0.2) is 9.21 Å². The van der Waals surface area contributed by atoms with E-state index in [9.17, 15) is 9.59 Å². The third-order valence-corrected chi connectivity index (χ3v) is 1.71. The summed E-state index contributed by atoms with van der Waals surface area (Å²) in [5, 5.41) is 0. The normalized spacial score (nSPS) is 12.0. The van der Waals surface area contributed by atoms with Crippen LogP contribution in [0.4, 0.5) is 0 Å². The number of nitrogens with zero attached hydrogens (tertiary/aromatic N) is 1. The van der Waals surface area contributed by atoms with Crippen molar-refractivity contribution in [3.8, 4) is 0 Å². The molecule has 0 spiro atoms. The van der Waals surface area contributed by atoms with Gasteiger partial charge in [-0.3, -0.25) is 4.79 Å². The molecule has 64 valence electrons. The summed E-state index contributed by atoms with van der Waals surface area (Å²) in [4.78, 5) is 21.3. The van der Waals surface area contributed by atoms with Gasteiger partial charge in [0.2, 0.25) is 5.91 Å². The lowest BCUT2D eigenvalue weighted by molar-refractivity contribution is -0.147. The van der Waals surface area contributed by atoms with E-state index in [1.54, 1.807) is 0 Å². The maximum atomic E-state index is 10.8. The minimum Gasteiger partial charge on any atom is -0.467 e. The molecule has 0 unspecified atom stereocenters. The van der Waals surface area contributed by atoms with Crippen LogP contribution >= 0.6 is 11.8 Å². The number of carbonyl (C=O) groups is 2. The molecule has 11 heavy (non-hydrogen) atoms. The zero-order valence-corrected chi connectivity index (χ0v) is 7.38. The molecule has 5 heteroatoms. The van der Waals surface area contributed by atoms with Gasteiger partial charge in [0, 0.05) is 18.7 Å². The molecule has 0 heterocycles. The molecule has 0 aromatic rings. The fourth-order valence-electron chi connectivity index (χ4n) is 0.536. The molecule has 0 N–H and O–H groups in total. The summed E-state index contributed by atoms with van der Waals surface area (Å²) < 4.78 is 5.16. The Balaban J connectivity index is 4.12. The van der Waals surface area contributed by atoms with Crippen LogP contribution in [-0.2, 0) is 14.3 Å². The maximum Gasteiger partial charge on any atom is 0.329 e. The summed E-state index contributed by atoms with van der Waals surface area (Å²) in [7, 11) is 1.24. The summed E-state index contributed by atoms with van der Waals surface area (Å²) in [6, 6.07) is -0.737. The summed E-state index contributed by atoms with van der Waals surface area (Å²) in [5.74, 6) is -0.917. The Labute approximate surface area is 70.2 Å². The van der Waals surface area contributed by atoms with E-state index in [-0.39, 0.29) is 5.91 Å². The molecule has 0 rings (SSSR count). The minimum absolute atomic E-state index is 0.385. The van der Waals surface area contributed by atoms with E-state index in [0.29, 0.717) is 0 Å². The van der Waals surface area contributed by atoms with Gasteiger partial charge < -0.3 is 4.74 Å². The van der Waals surface area contributed by atoms with Gasteiger partial charge in [0.05, 0.1) is 7.11 Å². The van der Waals surface area contributed by atoms with Gasteiger partial charge in [-0.2, -0.15) is 0 Å². The van der Waals surface area contributed by atoms with Crippen LogP contribution < -0.4 is 0 Å². The Morgan fingerprint density at radius 1 is 1.55 bits per heavy atom. The van der Waals surface area contributed by atoms with Gasteiger partial charge in [0.25, 0.3) is 0 Å². The van der Waals surface area contributed by atoms with Gasteiger partial charge in [-0.15, -0.1) is 0 Å². The topological polar surface area (TPSA) is 46.6 Å². The van der Waals surface area contributed by atoms with Crippen molar-refractivity contribution in [1.29, 1.82) is 0 Å². The van der Waals surface area contributed by atoms with Crippen LogP contribution in [0.15, 0.2) is 0 Å². The molecular weight excluding hydrogens is 170 g/mol. The number of hydrogen-bond acceptors (Lipinski definition) is 3. The molecule has 1 amide bonds. The second-order valence-electron chi connectivity index (χ2n) is 2.03. The van der Waals surface area contributed by atoms with Crippen LogP contribution in [0.1, 0.15) is 13.8 Å². The van der Waals surface area contributed by atoms with Crippen molar-refractivity contribution in [1.82, 2.24) is 4.42 Å². The standard InChI is InChI=1S/C6H10ClNO3/c1-4(6(10)11-3)8(7)5(2)9/h4H,1-3H3/t4-/m0/s1. The van der Waals surface area contributed by atoms with Crippen LogP contribution in [0, 0.1) is 0 Å². The molecule has 0 aliphatic heterocycles. The number of rotatable bonds is 2. The van der Waals surface area contributed by atoms with Crippen molar-refractivity contribution in [3.63, 3.8) is 0 Å². The zero-order valence-electron chi connectivity index (χ0n) is 6.63. The molecule has 4 nitrogen and oxygen atoms in total. The molecule has 0 aliphatic rings. The van der Waals surface area contributed by atoms with E-state index in [2.05, 4.69) is 4.74 Å². The average Bonchev–Trinajstić information content (AvgIpc) is 2.00. The van der Waals surface area contributed by atoms with Crippen molar-refractivity contribution >= 4 is 23.7 Å². The third kappa shape index (κ3) is 2.76. The summed E-state index contributed by atoms with van der Waals surface area (Å²) in [6.45, 7) is 2.76. The lowest BCUT2D eigenvalue weighted by atomic mass is 10.3. The Bertz CT molecular complexity index is 171. The van der Waals surface area contributed by atoms with Gasteiger partial charge in [-0.1, -0.05) is 0 Å². The van der Waals surface area contributed by atoms with E-state index in [4.69, 9.17) is 11.8 Å². The number of ether oxygens (including phenoxy) is 1. The van der Waals surface area contributed by atoms with E-state index in [0.717, 1.165) is 4.42 Å². The van der Waals surface area contributed by atoms with Gasteiger partial charge in [0.1, 0.15) is 6.04 Å². The predicted octanol–water partition coefficient (Wildman–Crippen LogP) is 0.550. The van der Waals surface area contributed by atoms with E-state index in [1.807, 2.05) is 0 Å². The largest absolute Gasteiger partial charge is 0.467 e. The Morgan fingerprint density at radius 3 is 2.27 bits per heavy atom. The smallest absolute Gasteiger partial charge is 0.329 e. The molecular formula is C6H10ClNO3. The first-order valence-electron chi connectivity index (χ1n) is 3.04. The highest BCUT2D eigenvalue weighted by molar-refractivity contribution is 6.22. The van der Waals surface area contributed by atoms with Crippen LogP contribution in [0.5, 0.6) is 0 Å². The molecule has 0 aromatic carbocycles. The molecule has 0 aromatic heterocycles. The lowest BCUT2D eigenvalue weighted by Crippen LogP contribution is -2.35. The summed E-state index contributed by atoms with van der Waals surface area (Å²) in [6.07, 6.45) is 0. The van der Waals surface area contributed by atoms with Gasteiger partial charge >= 0.3 is 5.97 Å².